The Morgan fingerprint density at radius 2 is 1.95 bits per heavy atom. The van der Waals surface area contributed by atoms with E-state index in [0.29, 0.717) is 12.3 Å². The van der Waals surface area contributed by atoms with Crippen molar-refractivity contribution in [2.75, 3.05) is 19.6 Å². The van der Waals surface area contributed by atoms with Crippen LogP contribution < -0.4 is 5.73 Å². The molecule has 0 aliphatic carbocycles. The van der Waals surface area contributed by atoms with Crippen LogP contribution in [0.1, 0.15) is 31.7 Å². The molecule has 1 rings (SSSR count). The topological polar surface area (TPSA) is 61.8 Å². The quantitative estimate of drug-likeness (QED) is 0.236. The minimum absolute atomic E-state index is 0.308. The Kier molecular flexibility index (Phi) is 7.66. The van der Waals surface area contributed by atoms with Gasteiger partial charge in [-0.3, -0.25) is 0 Å². The summed E-state index contributed by atoms with van der Waals surface area (Å²) in [5.41, 5.74) is 6.88. The van der Waals surface area contributed by atoms with Gasteiger partial charge in [-0.05, 0) is 37.9 Å². The van der Waals surface area contributed by atoms with E-state index in [0.717, 1.165) is 26.1 Å². The van der Waals surface area contributed by atoms with Crippen molar-refractivity contribution in [1.29, 1.82) is 0 Å². The zero-order valence-electron chi connectivity index (χ0n) is 11.8. The van der Waals surface area contributed by atoms with E-state index in [-0.39, 0.29) is 0 Å². The lowest BCUT2D eigenvalue weighted by Gasteiger charge is -2.19. The lowest BCUT2D eigenvalue weighted by molar-refractivity contribution is 0.284. The predicted octanol–water partition coefficient (Wildman–Crippen LogP) is 2.47. The second-order valence-corrected chi connectivity index (χ2v) is 4.72. The highest BCUT2D eigenvalue weighted by Crippen LogP contribution is 2.05. The predicted molar refractivity (Wildman–Crippen MR) is 79.5 cm³/mol. The van der Waals surface area contributed by atoms with Gasteiger partial charge in [-0.15, -0.1) is 0 Å². The molecule has 1 aromatic carbocycles. The fourth-order valence-electron chi connectivity index (χ4n) is 2.06. The Hall–Kier alpha value is -1.55. The van der Waals surface area contributed by atoms with E-state index in [4.69, 9.17) is 10.9 Å². The molecule has 0 radical (unpaired) electrons. The molecule has 0 atom stereocenters. The number of nitrogens with two attached hydrogens (primary N) is 1. The summed E-state index contributed by atoms with van der Waals surface area (Å²) < 4.78 is 0. The molecule has 0 aliphatic heterocycles. The minimum Gasteiger partial charge on any atom is -0.409 e. The van der Waals surface area contributed by atoms with Crippen molar-refractivity contribution < 1.29 is 5.21 Å². The van der Waals surface area contributed by atoms with Crippen molar-refractivity contribution in [2.24, 2.45) is 10.9 Å². The summed E-state index contributed by atoms with van der Waals surface area (Å²) in [6.45, 7) is 5.08. The minimum atomic E-state index is 0.308. The number of oxime groups is 1. The van der Waals surface area contributed by atoms with Crippen molar-refractivity contribution in [2.45, 2.75) is 32.6 Å². The van der Waals surface area contributed by atoms with E-state index in [1.165, 1.54) is 18.4 Å². The first-order chi connectivity index (χ1) is 9.26. The average molecular weight is 263 g/mol. The molecule has 0 saturated heterocycles. The van der Waals surface area contributed by atoms with Crippen LogP contribution in [0.25, 0.3) is 0 Å². The molecule has 1 aromatic rings. The van der Waals surface area contributed by atoms with Crippen LogP contribution >= 0.6 is 0 Å². The van der Waals surface area contributed by atoms with E-state index in [9.17, 15) is 0 Å². The van der Waals surface area contributed by atoms with Gasteiger partial charge in [-0.2, -0.15) is 0 Å². The van der Waals surface area contributed by atoms with Crippen molar-refractivity contribution in [3.63, 3.8) is 0 Å². The van der Waals surface area contributed by atoms with Crippen LogP contribution in [0.4, 0.5) is 0 Å². The van der Waals surface area contributed by atoms with Crippen LogP contribution in [-0.2, 0) is 6.42 Å². The van der Waals surface area contributed by atoms with Gasteiger partial charge in [0.2, 0.25) is 0 Å². The van der Waals surface area contributed by atoms with Gasteiger partial charge in [0, 0.05) is 13.0 Å². The molecule has 4 nitrogen and oxygen atoms in total. The van der Waals surface area contributed by atoms with Crippen LogP contribution in [-0.4, -0.2) is 35.6 Å². The van der Waals surface area contributed by atoms with Gasteiger partial charge >= 0.3 is 0 Å². The Balaban J connectivity index is 2.15. The first-order valence-corrected chi connectivity index (χ1v) is 6.99. The van der Waals surface area contributed by atoms with Gasteiger partial charge in [0.15, 0.2) is 0 Å². The molecule has 4 heteroatoms. The number of benzene rings is 1. The summed E-state index contributed by atoms with van der Waals surface area (Å²) in [4.78, 5) is 2.34. The molecule has 0 bridgehead atoms. The van der Waals surface area contributed by atoms with Gasteiger partial charge in [-0.25, -0.2) is 0 Å². The number of nitrogens with zero attached hydrogens (tertiary/aromatic N) is 2. The summed E-state index contributed by atoms with van der Waals surface area (Å²) in [5, 5.41) is 11.5. The van der Waals surface area contributed by atoms with Crippen LogP contribution in [0.3, 0.4) is 0 Å². The van der Waals surface area contributed by atoms with Crippen LogP contribution in [0, 0.1) is 0 Å². The molecule has 3 N–H and O–H groups in total. The van der Waals surface area contributed by atoms with Gasteiger partial charge in [0.1, 0.15) is 5.84 Å². The number of hydrogen-bond acceptors (Lipinski definition) is 3. The van der Waals surface area contributed by atoms with E-state index < -0.39 is 0 Å². The number of rotatable bonds is 9. The molecule has 0 amide bonds. The summed E-state index contributed by atoms with van der Waals surface area (Å²) in [5.74, 6) is 0.308. The second kappa shape index (κ2) is 9.39. The molecule has 0 spiro atoms. The Bertz CT molecular complexity index is 365. The summed E-state index contributed by atoms with van der Waals surface area (Å²) in [6.07, 6.45) is 4.14. The molecule has 0 fully saturated rings. The Morgan fingerprint density at radius 3 is 2.58 bits per heavy atom. The third-order valence-corrected chi connectivity index (χ3v) is 3.29. The number of amidine groups is 1. The first kappa shape index (κ1) is 15.5. The Labute approximate surface area is 115 Å². The smallest absolute Gasteiger partial charge is 0.140 e. The molecule has 0 aromatic heterocycles. The standard InChI is InChI=1S/C15H25N3O/c1-2-18(13-11-15(16)17-19)12-7-6-10-14-8-4-3-5-9-14/h3-5,8-9,19H,2,6-7,10-13H2,1H3,(H2,16,17). The number of unbranched alkanes of at least 4 members (excludes halogenated alkanes) is 1. The first-order valence-electron chi connectivity index (χ1n) is 6.99. The summed E-state index contributed by atoms with van der Waals surface area (Å²) in [7, 11) is 0. The number of hydrogen-bond donors (Lipinski definition) is 2. The van der Waals surface area contributed by atoms with Crippen LogP contribution in [0.5, 0.6) is 0 Å². The fourth-order valence-corrected chi connectivity index (χ4v) is 2.06. The normalized spacial score (nSPS) is 12.0. The van der Waals surface area contributed by atoms with Crippen molar-refractivity contribution in [3.8, 4) is 0 Å². The third kappa shape index (κ3) is 6.82. The third-order valence-electron chi connectivity index (χ3n) is 3.29. The number of aryl methyl sites for hydroxylation is 1. The summed E-state index contributed by atoms with van der Waals surface area (Å²) >= 11 is 0. The van der Waals surface area contributed by atoms with Crippen molar-refractivity contribution in [3.05, 3.63) is 35.9 Å². The van der Waals surface area contributed by atoms with Gasteiger partial charge in [-0.1, -0.05) is 42.4 Å². The molecule has 19 heavy (non-hydrogen) atoms. The molecule has 0 heterocycles. The van der Waals surface area contributed by atoms with Crippen molar-refractivity contribution in [1.82, 2.24) is 4.90 Å². The molecular formula is C15H25N3O. The van der Waals surface area contributed by atoms with Crippen LogP contribution in [0.15, 0.2) is 35.5 Å². The zero-order valence-corrected chi connectivity index (χ0v) is 11.8. The van der Waals surface area contributed by atoms with Crippen LogP contribution in [0.2, 0.25) is 0 Å². The molecule has 0 saturated carbocycles. The van der Waals surface area contributed by atoms with E-state index >= 15 is 0 Å². The van der Waals surface area contributed by atoms with E-state index in [1.807, 2.05) is 0 Å². The van der Waals surface area contributed by atoms with Gasteiger partial charge in [0.25, 0.3) is 0 Å². The maximum absolute atomic E-state index is 8.50. The van der Waals surface area contributed by atoms with E-state index in [2.05, 4.69) is 47.3 Å². The molecular weight excluding hydrogens is 238 g/mol. The highest BCUT2D eigenvalue weighted by atomic mass is 16.4. The molecule has 106 valence electrons. The lowest BCUT2D eigenvalue weighted by atomic mass is 10.1. The maximum atomic E-state index is 8.50. The largest absolute Gasteiger partial charge is 0.409 e. The molecule has 0 unspecified atom stereocenters. The maximum Gasteiger partial charge on any atom is 0.140 e. The van der Waals surface area contributed by atoms with Crippen molar-refractivity contribution >= 4 is 5.84 Å². The Morgan fingerprint density at radius 1 is 1.21 bits per heavy atom. The van der Waals surface area contributed by atoms with Gasteiger partial charge in [0.05, 0.1) is 0 Å². The lowest BCUT2D eigenvalue weighted by Crippen LogP contribution is -2.29. The monoisotopic (exact) mass is 263 g/mol. The summed E-state index contributed by atoms with van der Waals surface area (Å²) in [6, 6.07) is 10.6. The highest BCUT2D eigenvalue weighted by Gasteiger charge is 2.03. The van der Waals surface area contributed by atoms with Gasteiger partial charge < -0.3 is 15.8 Å². The molecule has 0 aliphatic rings. The SMILES string of the molecule is CCN(CCCCc1ccccc1)CC/C(N)=N/O. The highest BCUT2D eigenvalue weighted by molar-refractivity contribution is 5.79. The zero-order chi connectivity index (χ0) is 13.9. The average Bonchev–Trinajstić information content (AvgIpc) is 2.47. The second-order valence-electron chi connectivity index (χ2n) is 4.72. The van der Waals surface area contributed by atoms with E-state index in [1.54, 1.807) is 0 Å². The fraction of sp³-hybridized carbons (Fsp3) is 0.533.